The molecule has 2 aliphatic rings. The number of ether oxygens (including phenoxy) is 1. The van der Waals surface area contributed by atoms with E-state index in [0.717, 1.165) is 28.2 Å². The molecule has 3 aromatic rings. The fourth-order valence-electron chi connectivity index (χ4n) is 5.79. The number of primary sulfonamides is 1. The van der Waals surface area contributed by atoms with E-state index in [1.54, 1.807) is 19.2 Å². The molecule has 1 aliphatic heterocycles. The van der Waals surface area contributed by atoms with Gasteiger partial charge in [-0.2, -0.15) is 0 Å². The van der Waals surface area contributed by atoms with Gasteiger partial charge in [0.25, 0.3) is 0 Å². The molecule has 0 spiro atoms. The van der Waals surface area contributed by atoms with Crippen LogP contribution in [0.15, 0.2) is 89.0 Å². The van der Waals surface area contributed by atoms with Gasteiger partial charge in [0.15, 0.2) is 5.78 Å². The van der Waals surface area contributed by atoms with Gasteiger partial charge in [0, 0.05) is 24.2 Å². The molecule has 1 amide bonds. The average Bonchev–Trinajstić information content (AvgIpc) is 3.06. The predicted octanol–water partition coefficient (Wildman–Crippen LogP) is 4.32. The van der Waals surface area contributed by atoms with Crippen LogP contribution in [0, 0.1) is 5.41 Å². The molecule has 10 heteroatoms. The number of carbonyl (C=O) groups excluding carboxylic acids is 2. The van der Waals surface area contributed by atoms with Crippen molar-refractivity contribution in [3.63, 3.8) is 0 Å². The molecule has 1 aliphatic carbocycles. The van der Waals surface area contributed by atoms with Crippen molar-refractivity contribution in [1.82, 2.24) is 5.32 Å². The van der Waals surface area contributed by atoms with Crippen LogP contribution in [0.25, 0.3) is 0 Å². The normalized spacial score (nSPS) is 18.0. The number of rotatable bonds is 8. The fourth-order valence-corrected chi connectivity index (χ4v) is 6.30. The lowest BCUT2D eigenvalue weighted by molar-refractivity contribution is -0.120. The van der Waals surface area contributed by atoms with Crippen molar-refractivity contribution in [2.45, 2.75) is 44.0 Å². The summed E-state index contributed by atoms with van der Waals surface area (Å²) in [4.78, 5) is 29.3. The van der Waals surface area contributed by atoms with Crippen LogP contribution >= 0.6 is 0 Å². The molecule has 0 fully saturated rings. The topological polar surface area (TPSA) is 131 Å². The number of nitrogens with zero attached hydrogens (tertiary/aromatic N) is 1. The van der Waals surface area contributed by atoms with Gasteiger partial charge in [0.1, 0.15) is 5.75 Å². The van der Waals surface area contributed by atoms with Crippen LogP contribution < -0.4 is 25.4 Å². The van der Waals surface area contributed by atoms with Crippen LogP contribution in [-0.4, -0.2) is 40.3 Å². The number of allylic oxidation sites excluding steroid dienone is 1. The Hall–Kier alpha value is -4.15. The Morgan fingerprint density at radius 2 is 1.81 bits per heavy atom. The van der Waals surface area contributed by atoms with Crippen LogP contribution in [0.2, 0.25) is 0 Å². The maximum atomic E-state index is 13.8. The number of nitrogens with one attached hydrogen (secondary N) is 2. The van der Waals surface area contributed by atoms with Crippen LogP contribution in [0.4, 0.5) is 11.4 Å². The summed E-state index contributed by atoms with van der Waals surface area (Å²) in [6.45, 7) is 4.56. The van der Waals surface area contributed by atoms with Gasteiger partial charge in [-0.15, -0.1) is 0 Å². The third kappa shape index (κ3) is 6.34. The molecular formula is C32H36N4O5S. The molecule has 3 aromatic carbocycles. The molecular weight excluding hydrogens is 552 g/mol. The molecule has 0 saturated carbocycles. The first-order valence-electron chi connectivity index (χ1n) is 13.9. The molecule has 1 atom stereocenters. The summed E-state index contributed by atoms with van der Waals surface area (Å²) in [5.74, 6) is 0.524. The van der Waals surface area contributed by atoms with E-state index in [2.05, 4.69) is 24.5 Å². The first-order valence-corrected chi connectivity index (χ1v) is 15.4. The predicted molar refractivity (Wildman–Crippen MR) is 163 cm³/mol. The van der Waals surface area contributed by atoms with E-state index in [9.17, 15) is 18.0 Å². The highest BCUT2D eigenvalue weighted by Crippen LogP contribution is 2.48. The van der Waals surface area contributed by atoms with Gasteiger partial charge in [-0.05, 0) is 65.8 Å². The zero-order valence-corrected chi connectivity index (χ0v) is 24.8. The highest BCUT2D eigenvalue weighted by atomic mass is 32.2. The lowest BCUT2D eigenvalue weighted by atomic mass is 9.73. The summed E-state index contributed by atoms with van der Waals surface area (Å²) in [5, 5.41) is 11.7. The Balaban J connectivity index is 1.46. The second kappa shape index (κ2) is 11.6. The van der Waals surface area contributed by atoms with Gasteiger partial charge in [0.05, 0.1) is 36.0 Å². The number of fused-ring (bicyclic) bond motifs is 1. The average molecular weight is 589 g/mol. The Morgan fingerprint density at radius 1 is 1.07 bits per heavy atom. The Bertz CT molecular complexity index is 1650. The van der Waals surface area contributed by atoms with Crippen molar-refractivity contribution in [3.05, 3.63) is 95.2 Å². The number of nitrogens with two attached hydrogens (primary N) is 1. The summed E-state index contributed by atoms with van der Waals surface area (Å²) >= 11 is 0. The number of ketones is 1. The summed E-state index contributed by atoms with van der Waals surface area (Å²) in [7, 11) is -2.16. The van der Waals surface area contributed by atoms with E-state index in [4.69, 9.17) is 9.88 Å². The van der Waals surface area contributed by atoms with E-state index in [-0.39, 0.29) is 28.5 Å². The highest BCUT2D eigenvalue weighted by molar-refractivity contribution is 7.89. The lowest BCUT2D eigenvalue weighted by Crippen LogP contribution is -2.42. The van der Waals surface area contributed by atoms with Crippen molar-refractivity contribution >= 4 is 33.1 Å². The van der Waals surface area contributed by atoms with Gasteiger partial charge >= 0.3 is 0 Å². The molecule has 0 saturated heterocycles. The van der Waals surface area contributed by atoms with Gasteiger partial charge in [-0.3, -0.25) is 9.59 Å². The second-order valence-electron chi connectivity index (χ2n) is 11.6. The SMILES string of the molecule is COc1cccc(C2C3=C(CC(C)(C)CC3=O)Nc3ccccc3N2CC(=O)NCCc2ccc(S(N)(=O)=O)cc2)c1. The Labute approximate surface area is 246 Å². The van der Waals surface area contributed by atoms with Crippen molar-refractivity contribution in [2.75, 3.05) is 30.4 Å². The third-order valence-electron chi connectivity index (χ3n) is 7.72. The monoisotopic (exact) mass is 588 g/mol. The summed E-state index contributed by atoms with van der Waals surface area (Å²) < 4.78 is 28.6. The van der Waals surface area contributed by atoms with Crippen LogP contribution in [0.1, 0.15) is 43.9 Å². The number of benzene rings is 3. The van der Waals surface area contributed by atoms with E-state index >= 15 is 0 Å². The zero-order chi connectivity index (χ0) is 30.1. The lowest BCUT2D eigenvalue weighted by Gasteiger charge is -2.38. The standard InChI is InChI=1S/C32H36N4O5S/c1-32(2)18-26-30(28(37)19-32)31(22-7-6-8-23(17-22)41-3)36(27-10-5-4-9-25(27)35-26)20-29(38)34-16-15-21-11-13-24(14-12-21)42(33,39)40/h4-14,17,31,35H,15-16,18-20H2,1-3H3,(H,34,38)(H2,33,39,40). The molecule has 9 nitrogen and oxygen atoms in total. The number of anilines is 2. The van der Waals surface area contributed by atoms with Gasteiger partial charge in [0.2, 0.25) is 15.9 Å². The van der Waals surface area contributed by atoms with Gasteiger partial charge < -0.3 is 20.3 Å². The highest BCUT2D eigenvalue weighted by Gasteiger charge is 2.42. The van der Waals surface area contributed by atoms with Crippen molar-refractivity contribution < 1.29 is 22.7 Å². The van der Waals surface area contributed by atoms with Crippen molar-refractivity contribution in [2.24, 2.45) is 10.6 Å². The minimum absolute atomic E-state index is 0.0123. The van der Waals surface area contributed by atoms with Gasteiger partial charge in [-0.25, -0.2) is 13.6 Å². The molecule has 5 rings (SSSR count). The largest absolute Gasteiger partial charge is 0.497 e. The van der Waals surface area contributed by atoms with Crippen LogP contribution in [0.3, 0.4) is 0 Å². The number of amides is 1. The van der Waals surface area contributed by atoms with Crippen molar-refractivity contribution in [1.29, 1.82) is 0 Å². The first-order chi connectivity index (χ1) is 19.9. The summed E-state index contributed by atoms with van der Waals surface area (Å²) in [6.07, 6.45) is 1.62. The van der Waals surface area contributed by atoms with Gasteiger partial charge in [-0.1, -0.05) is 50.2 Å². The van der Waals surface area contributed by atoms with E-state index in [0.29, 0.717) is 37.1 Å². The summed E-state index contributed by atoms with van der Waals surface area (Å²) in [5.41, 5.74) is 4.73. The number of carbonyl (C=O) groups is 2. The van der Waals surface area contributed by atoms with E-state index < -0.39 is 16.1 Å². The smallest absolute Gasteiger partial charge is 0.239 e. The fraction of sp³-hybridized carbons (Fsp3) is 0.312. The quantitative estimate of drug-likeness (QED) is 0.357. The molecule has 0 aromatic heterocycles. The molecule has 42 heavy (non-hydrogen) atoms. The maximum absolute atomic E-state index is 13.8. The van der Waals surface area contributed by atoms with Crippen LogP contribution in [-0.2, 0) is 26.0 Å². The third-order valence-corrected chi connectivity index (χ3v) is 8.64. The second-order valence-corrected chi connectivity index (χ2v) is 13.1. The van der Waals surface area contributed by atoms with E-state index in [1.165, 1.54) is 12.1 Å². The molecule has 0 bridgehead atoms. The Kier molecular flexibility index (Phi) is 8.12. The minimum atomic E-state index is -3.76. The zero-order valence-electron chi connectivity index (χ0n) is 24.0. The number of hydrogen-bond acceptors (Lipinski definition) is 7. The first kappa shape index (κ1) is 29.3. The Morgan fingerprint density at radius 3 is 2.52 bits per heavy atom. The number of methoxy groups -OCH3 is 1. The number of Topliss-reactive ketones (excluding diaryl/α,β-unsaturated/α-hetero) is 1. The number of para-hydroxylation sites is 2. The molecule has 1 unspecified atom stereocenters. The number of hydrogen-bond donors (Lipinski definition) is 3. The van der Waals surface area contributed by atoms with Crippen molar-refractivity contribution in [3.8, 4) is 5.75 Å². The molecule has 0 radical (unpaired) electrons. The maximum Gasteiger partial charge on any atom is 0.239 e. The molecule has 1 heterocycles. The number of sulfonamides is 1. The molecule has 4 N–H and O–H groups in total. The minimum Gasteiger partial charge on any atom is -0.497 e. The van der Waals surface area contributed by atoms with Crippen LogP contribution in [0.5, 0.6) is 5.75 Å². The van der Waals surface area contributed by atoms with E-state index in [1.807, 2.05) is 53.4 Å². The summed E-state index contributed by atoms with van der Waals surface area (Å²) in [6, 6.07) is 21.2. The molecule has 220 valence electrons.